The molecular formula is C18H12Cl2N2O3. The van der Waals surface area contributed by atoms with Crippen LogP contribution in [0.2, 0.25) is 10.0 Å². The summed E-state index contributed by atoms with van der Waals surface area (Å²) in [4.78, 5) is 23.4. The first-order chi connectivity index (χ1) is 12.0. The lowest BCUT2D eigenvalue weighted by Crippen LogP contribution is -2.20. The maximum Gasteiger partial charge on any atom is 0.331 e. The topological polar surface area (TPSA) is 79.2 Å². The Bertz CT molecular complexity index is 856. The van der Waals surface area contributed by atoms with Gasteiger partial charge >= 0.3 is 5.97 Å². The molecule has 126 valence electrons. The molecule has 0 atom stereocenters. The number of anilines is 1. The summed E-state index contributed by atoms with van der Waals surface area (Å²) in [5.41, 5.74) is 1.59. The van der Waals surface area contributed by atoms with E-state index in [2.05, 4.69) is 5.32 Å². The molecule has 0 aliphatic heterocycles. The molecular weight excluding hydrogens is 363 g/mol. The maximum atomic E-state index is 11.8. The Hall–Kier alpha value is -2.81. The van der Waals surface area contributed by atoms with E-state index in [1.807, 2.05) is 6.07 Å². The number of rotatable bonds is 5. The van der Waals surface area contributed by atoms with Crippen molar-refractivity contribution in [2.45, 2.75) is 0 Å². The molecule has 0 unspecified atom stereocenters. The van der Waals surface area contributed by atoms with Gasteiger partial charge in [-0.3, -0.25) is 4.79 Å². The predicted octanol–water partition coefficient (Wildman–Crippen LogP) is 4.06. The molecule has 0 bridgehead atoms. The Morgan fingerprint density at radius 3 is 2.56 bits per heavy atom. The SMILES string of the molecule is N#Cc1ccc(/C=C/C(=O)OCC(=O)Nc2cc(Cl)ccc2Cl)cc1. The Morgan fingerprint density at radius 2 is 1.88 bits per heavy atom. The smallest absolute Gasteiger partial charge is 0.331 e. The summed E-state index contributed by atoms with van der Waals surface area (Å²) in [5, 5.41) is 12.0. The second-order valence-corrected chi connectivity index (χ2v) is 5.69. The van der Waals surface area contributed by atoms with E-state index in [0.29, 0.717) is 21.3 Å². The van der Waals surface area contributed by atoms with E-state index in [1.165, 1.54) is 18.2 Å². The zero-order chi connectivity index (χ0) is 18.2. The van der Waals surface area contributed by atoms with E-state index < -0.39 is 18.5 Å². The first-order valence-electron chi connectivity index (χ1n) is 7.08. The van der Waals surface area contributed by atoms with Gasteiger partial charge in [-0.15, -0.1) is 0 Å². The fourth-order valence-corrected chi connectivity index (χ4v) is 2.13. The van der Waals surface area contributed by atoms with Gasteiger partial charge in [-0.1, -0.05) is 35.3 Å². The Balaban J connectivity index is 1.84. The first kappa shape index (κ1) is 18.5. The van der Waals surface area contributed by atoms with Crippen LogP contribution in [0.4, 0.5) is 5.69 Å². The molecule has 0 saturated heterocycles. The number of esters is 1. The summed E-state index contributed by atoms with van der Waals surface area (Å²) in [7, 11) is 0. The number of nitrogens with zero attached hydrogens (tertiary/aromatic N) is 1. The molecule has 0 aliphatic carbocycles. The summed E-state index contributed by atoms with van der Waals surface area (Å²) in [5.74, 6) is -1.21. The van der Waals surface area contributed by atoms with Gasteiger partial charge in [0.05, 0.1) is 22.3 Å². The zero-order valence-corrected chi connectivity index (χ0v) is 14.3. The van der Waals surface area contributed by atoms with E-state index in [1.54, 1.807) is 36.4 Å². The minimum Gasteiger partial charge on any atom is -0.452 e. The molecule has 1 amide bonds. The number of nitrogens with one attached hydrogen (secondary N) is 1. The predicted molar refractivity (Wildman–Crippen MR) is 96.2 cm³/mol. The van der Waals surface area contributed by atoms with Gasteiger partial charge in [-0.05, 0) is 42.0 Å². The minimum atomic E-state index is -0.670. The standard InChI is InChI=1S/C18H12Cl2N2O3/c19-14-6-7-15(20)16(9-14)22-17(23)11-25-18(24)8-5-12-1-3-13(10-21)4-2-12/h1-9H,11H2,(H,22,23)/b8-5+. The molecule has 0 aliphatic rings. The molecule has 0 spiro atoms. The number of hydrogen-bond donors (Lipinski definition) is 1. The van der Waals surface area contributed by atoms with E-state index in [-0.39, 0.29) is 0 Å². The van der Waals surface area contributed by atoms with Crippen LogP contribution in [0, 0.1) is 11.3 Å². The minimum absolute atomic E-state index is 0.324. The molecule has 2 aromatic rings. The van der Waals surface area contributed by atoms with Crippen LogP contribution >= 0.6 is 23.2 Å². The van der Waals surface area contributed by atoms with Crippen LogP contribution in [0.3, 0.4) is 0 Å². The van der Waals surface area contributed by atoms with Gasteiger partial charge in [0.15, 0.2) is 6.61 Å². The summed E-state index contributed by atoms with van der Waals surface area (Å²) < 4.78 is 4.85. The van der Waals surface area contributed by atoms with Gasteiger partial charge in [0.1, 0.15) is 0 Å². The number of hydrogen-bond acceptors (Lipinski definition) is 4. The van der Waals surface area contributed by atoms with Crippen molar-refractivity contribution >= 4 is 46.8 Å². The van der Waals surface area contributed by atoms with Crippen LogP contribution in [0.1, 0.15) is 11.1 Å². The van der Waals surface area contributed by atoms with Crippen LogP contribution in [-0.2, 0) is 14.3 Å². The molecule has 0 aromatic heterocycles. The summed E-state index contributed by atoms with van der Waals surface area (Å²) in [6.45, 7) is -0.459. The van der Waals surface area contributed by atoms with Crippen molar-refractivity contribution in [1.29, 1.82) is 5.26 Å². The highest BCUT2D eigenvalue weighted by molar-refractivity contribution is 6.35. The number of amides is 1. The first-order valence-corrected chi connectivity index (χ1v) is 7.83. The van der Waals surface area contributed by atoms with Gasteiger partial charge in [-0.2, -0.15) is 5.26 Å². The molecule has 2 rings (SSSR count). The van der Waals surface area contributed by atoms with Gasteiger partial charge in [0.25, 0.3) is 5.91 Å². The normalized spacial score (nSPS) is 10.3. The molecule has 5 nitrogen and oxygen atoms in total. The average Bonchev–Trinajstić information content (AvgIpc) is 2.61. The summed E-state index contributed by atoms with van der Waals surface area (Å²) in [6.07, 6.45) is 2.72. The maximum absolute atomic E-state index is 11.8. The summed E-state index contributed by atoms with van der Waals surface area (Å²) >= 11 is 11.8. The van der Waals surface area contributed by atoms with Crippen LogP contribution in [0.5, 0.6) is 0 Å². The second kappa shape index (κ2) is 8.88. The van der Waals surface area contributed by atoms with E-state index in [0.717, 1.165) is 5.56 Å². The Morgan fingerprint density at radius 1 is 1.16 bits per heavy atom. The number of carbonyl (C=O) groups is 2. The molecule has 0 radical (unpaired) electrons. The highest BCUT2D eigenvalue weighted by Gasteiger charge is 2.08. The highest BCUT2D eigenvalue weighted by atomic mass is 35.5. The molecule has 0 saturated carbocycles. The lowest BCUT2D eigenvalue weighted by Gasteiger charge is -2.07. The third-order valence-corrected chi connectivity index (χ3v) is 3.56. The molecule has 1 N–H and O–H groups in total. The van der Waals surface area contributed by atoms with Crippen molar-refractivity contribution in [1.82, 2.24) is 0 Å². The van der Waals surface area contributed by atoms with Crippen LogP contribution in [-0.4, -0.2) is 18.5 Å². The van der Waals surface area contributed by atoms with Crippen molar-refractivity contribution in [3.63, 3.8) is 0 Å². The molecule has 25 heavy (non-hydrogen) atoms. The molecule has 7 heteroatoms. The summed E-state index contributed by atoms with van der Waals surface area (Å²) in [6, 6.07) is 13.3. The van der Waals surface area contributed by atoms with Crippen molar-refractivity contribution in [3.8, 4) is 6.07 Å². The number of nitriles is 1. The molecule has 0 fully saturated rings. The third kappa shape index (κ3) is 5.96. The average molecular weight is 375 g/mol. The fraction of sp³-hybridized carbons (Fsp3) is 0.0556. The lowest BCUT2D eigenvalue weighted by molar-refractivity contribution is -0.142. The van der Waals surface area contributed by atoms with E-state index >= 15 is 0 Å². The number of ether oxygens (including phenoxy) is 1. The lowest BCUT2D eigenvalue weighted by atomic mass is 10.1. The monoisotopic (exact) mass is 374 g/mol. The van der Waals surface area contributed by atoms with Gasteiger partial charge < -0.3 is 10.1 Å². The van der Waals surface area contributed by atoms with Gasteiger partial charge in [0, 0.05) is 11.1 Å². The van der Waals surface area contributed by atoms with Crippen molar-refractivity contribution in [2.24, 2.45) is 0 Å². The van der Waals surface area contributed by atoms with E-state index in [4.69, 9.17) is 33.2 Å². The Kier molecular flexibility index (Phi) is 6.58. The van der Waals surface area contributed by atoms with Gasteiger partial charge in [-0.25, -0.2) is 4.79 Å². The van der Waals surface area contributed by atoms with Crippen LogP contribution in [0.25, 0.3) is 6.08 Å². The van der Waals surface area contributed by atoms with Crippen molar-refractivity contribution in [3.05, 3.63) is 69.7 Å². The van der Waals surface area contributed by atoms with Gasteiger partial charge in [0.2, 0.25) is 0 Å². The Labute approximate surface area is 154 Å². The van der Waals surface area contributed by atoms with Crippen molar-refractivity contribution < 1.29 is 14.3 Å². The fourth-order valence-electron chi connectivity index (χ4n) is 1.80. The molecule has 2 aromatic carbocycles. The van der Waals surface area contributed by atoms with Crippen LogP contribution in [0.15, 0.2) is 48.5 Å². The number of carbonyl (C=O) groups excluding carboxylic acids is 2. The second-order valence-electron chi connectivity index (χ2n) is 4.85. The quantitative estimate of drug-likeness (QED) is 0.631. The van der Waals surface area contributed by atoms with E-state index in [9.17, 15) is 9.59 Å². The third-order valence-electron chi connectivity index (χ3n) is 3.00. The molecule has 0 heterocycles. The number of halogens is 2. The largest absolute Gasteiger partial charge is 0.452 e. The zero-order valence-electron chi connectivity index (χ0n) is 12.8. The number of benzene rings is 2. The van der Waals surface area contributed by atoms with Crippen molar-refractivity contribution in [2.75, 3.05) is 11.9 Å². The highest BCUT2D eigenvalue weighted by Crippen LogP contribution is 2.25. The van der Waals surface area contributed by atoms with Crippen LogP contribution < -0.4 is 5.32 Å².